The highest BCUT2D eigenvalue weighted by atomic mass is 16.5. The summed E-state index contributed by atoms with van der Waals surface area (Å²) in [4.78, 5) is 20.3. The summed E-state index contributed by atoms with van der Waals surface area (Å²) in [6.07, 6.45) is 2.02. The molecular formula is C20H32N4O2. The maximum absolute atomic E-state index is 11.4. The van der Waals surface area contributed by atoms with Gasteiger partial charge < -0.3 is 19.9 Å². The smallest absolute Gasteiger partial charge is 0.219 e. The van der Waals surface area contributed by atoms with Crippen LogP contribution in [0.3, 0.4) is 0 Å². The first-order valence-electron chi connectivity index (χ1n) is 9.61. The van der Waals surface area contributed by atoms with Crippen molar-refractivity contribution in [2.75, 3.05) is 45.9 Å². The van der Waals surface area contributed by atoms with Gasteiger partial charge in [-0.05, 0) is 25.3 Å². The van der Waals surface area contributed by atoms with Crippen molar-refractivity contribution in [2.45, 2.75) is 33.3 Å². The lowest BCUT2D eigenvalue weighted by atomic mass is 10.2. The van der Waals surface area contributed by atoms with Crippen LogP contribution < -0.4 is 5.32 Å². The number of benzene rings is 1. The van der Waals surface area contributed by atoms with Gasteiger partial charge in [-0.15, -0.1) is 0 Å². The molecule has 2 rings (SSSR count). The van der Waals surface area contributed by atoms with Crippen LogP contribution in [-0.4, -0.2) is 67.5 Å². The summed E-state index contributed by atoms with van der Waals surface area (Å²) in [7, 11) is 0. The van der Waals surface area contributed by atoms with Gasteiger partial charge in [-0.1, -0.05) is 30.3 Å². The molecule has 1 aromatic rings. The Labute approximate surface area is 157 Å². The fourth-order valence-electron chi connectivity index (χ4n) is 2.92. The summed E-state index contributed by atoms with van der Waals surface area (Å²) in [5.74, 6) is 1.11. The van der Waals surface area contributed by atoms with Crippen LogP contribution in [0.25, 0.3) is 0 Å². The average molecular weight is 361 g/mol. The van der Waals surface area contributed by atoms with Crippen molar-refractivity contribution in [1.29, 1.82) is 0 Å². The topological polar surface area (TPSA) is 57.2 Å². The number of piperazine rings is 1. The molecule has 1 heterocycles. The maximum Gasteiger partial charge on any atom is 0.219 e. The molecule has 144 valence electrons. The molecule has 6 heteroatoms. The second kappa shape index (κ2) is 11.5. The molecule has 0 saturated carbocycles. The molecule has 1 N–H and O–H groups in total. The number of guanidine groups is 1. The molecule has 6 nitrogen and oxygen atoms in total. The lowest BCUT2D eigenvalue weighted by molar-refractivity contribution is -0.130. The quantitative estimate of drug-likeness (QED) is 0.438. The van der Waals surface area contributed by atoms with Crippen LogP contribution in [0.4, 0.5) is 0 Å². The summed E-state index contributed by atoms with van der Waals surface area (Å²) in [5.41, 5.74) is 1.21. The van der Waals surface area contributed by atoms with Gasteiger partial charge in [0.15, 0.2) is 5.96 Å². The van der Waals surface area contributed by atoms with Gasteiger partial charge in [-0.3, -0.25) is 9.79 Å². The van der Waals surface area contributed by atoms with Crippen molar-refractivity contribution >= 4 is 11.9 Å². The van der Waals surface area contributed by atoms with E-state index >= 15 is 0 Å². The number of hydrogen-bond acceptors (Lipinski definition) is 3. The third-order valence-electron chi connectivity index (χ3n) is 4.43. The number of ether oxygens (including phenoxy) is 1. The molecule has 1 aliphatic heterocycles. The predicted octanol–water partition coefficient (Wildman–Crippen LogP) is 2.11. The van der Waals surface area contributed by atoms with Gasteiger partial charge in [0.1, 0.15) is 0 Å². The number of carbonyl (C=O) groups excluding carboxylic acids is 1. The second-order valence-electron chi connectivity index (χ2n) is 6.47. The molecule has 0 atom stereocenters. The Morgan fingerprint density at radius 2 is 1.81 bits per heavy atom. The standard InChI is InChI=1S/C20H32N4O2/c1-3-21-20(24-14-12-23(13-15-24)18(2)25)22-11-7-8-16-26-17-19-9-5-4-6-10-19/h4-6,9-10H,3,7-8,11-17H2,1-2H3,(H,21,22). The Balaban J connectivity index is 1.64. The van der Waals surface area contributed by atoms with E-state index in [2.05, 4.69) is 29.3 Å². The number of unbranched alkanes of at least 4 members (excludes halogenated alkanes) is 1. The summed E-state index contributed by atoms with van der Waals surface area (Å²) < 4.78 is 5.71. The van der Waals surface area contributed by atoms with Crippen LogP contribution in [0.15, 0.2) is 35.3 Å². The van der Waals surface area contributed by atoms with E-state index in [-0.39, 0.29) is 5.91 Å². The van der Waals surface area contributed by atoms with Crippen LogP contribution in [0.1, 0.15) is 32.3 Å². The zero-order valence-corrected chi connectivity index (χ0v) is 16.1. The van der Waals surface area contributed by atoms with Gasteiger partial charge in [-0.25, -0.2) is 0 Å². The highest BCUT2D eigenvalue weighted by molar-refractivity contribution is 5.80. The third-order valence-corrected chi connectivity index (χ3v) is 4.43. The van der Waals surface area contributed by atoms with Crippen molar-refractivity contribution in [1.82, 2.24) is 15.1 Å². The molecule has 1 aromatic carbocycles. The first-order valence-corrected chi connectivity index (χ1v) is 9.61. The summed E-state index contributed by atoms with van der Waals surface area (Å²) in [6, 6.07) is 10.2. The Kier molecular flexibility index (Phi) is 8.96. The molecule has 1 saturated heterocycles. The molecule has 0 radical (unpaired) electrons. The second-order valence-corrected chi connectivity index (χ2v) is 6.47. The Morgan fingerprint density at radius 3 is 2.46 bits per heavy atom. The fourth-order valence-corrected chi connectivity index (χ4v) is 2.92. The van der Waals surface area contributed by atoms with E-state index in [0.29, 0.717) is 6.61 Å². The van der Waals surface area contributed by atoms with Crippen molar-refractivity contribution in [2.24, 2.45) is 4.99 Å². The average Bonchev–Trinajstić information content (AvgIpc) is 2.67. The van der Waals surface area contributed by atoms with Crippen LogP contribution in [0, 0.1) is 0 Å². The number of amides is 1. The van der Waals surface area contributed by atoms with E-state index in [0.717, 1.165) is 64.7 Å². The van der Waals surface area contributed by atoms with Gasteiger partial charge in [-0.2, -0.15) is 0 Å². The van der Waals surface area contributed by atoms with Crippen LogP contribution in [0.5, 0.6) is 0 Å². The van der Waals surface area contributed by atoms with E-state index in [1.165, 1.54) is 5.56 Å². The van der Waals surface area contributed by atoms with Crippen molar-refractivity contribution in [3.63, 3.8) is 0 Å². The lowest BCUT2D eigenvalue weighted by Gasteiger charge is -2.36. The van der Waals surface area contributed by atoms with Gasteiger partial charge >= 0.3 is 0 Å². The van der Waals surface area contributed by atoms with E-state index in [9.17, 15) is 4.79 Å². The maximum atomic E-state index is 11.4. The Hall–Kier alpha value is -2.08. The lowest BCUT2D eigenvalue weighted by Crippen LogP contribution is -2.53. The van der Waals surface area contributed by atoms with Gasteiger partial charge in [0, 0.05) is 52.8 Å². The predicted molar refractivity (Wildman–Crippen MR) is 105 cm³/mol. The number of rotatable bonds is 8. The minimum absolute atomic E-state index is 0.155. The van der Waals surface area contributed by atoms with E-state index in [1.54, 1.807) is 6.92 Å². The van der Waals surface area contributed by atoms with E-state index in [4.69, 9.17) is 9.73 Å². The number of carbonyl (C=O) groups is 1. The molecule has 0 aromatic heterocycles. The molecule has 0 unspecified atom stereocenters. The molecule has 1 aliphatic rings. The van der Waals surface area contributed by atoms with Crippen LogP contribution in [-0.2, 0) is 16.1 Å². The first-order chi connectivity index (χ1) is 12.7. The number of hydrogen-bond donors (Lipinski definition) is 1. The Bertz CT molecular complexity index is 554. The van der Waals surface area contributed by atoms with E-state index in [1.807, 2.05) is 23.1 Å². The SMILES string of the molecule is CCNC(=NCCCCOCc1ccccc1)N1CCN(C(C)=O)CC1. The minimum atomic E-state index is 0.155. The third kappa shape index (κ3) is 7.04. The fraction of sp³-hybridized carbons (Fsp3) is 0.600. The summed E-state index contributed by atoms with van der Waals surface area (Å²) >= 11 is 0. The Morgan fingerprint density at radius 1 is 1.12 bits per heavy atom. The van der Waals surface area contributed by atoms with Gasteiger partial charge in [0.2, 0.25) is 5.91 Å². The highest BCUT2D eigenvalue weighted by Crippen LogP contribution is 2.04. The normalized spacial score (nSPS) is 15.2. The van der Waals surface area contributed by atoms with E-state index < -0.39 is 0 Å². The molecule has 0 bridgehead atoms. The van der Waals surface area contributed by atoms with Crippen LogP contribution in [0.2, 0.25) is 0 Å². The zero-order chi connectivity index (χ0) is 18.6. The summed E-state index contributed by atoms with van der Waals surface area (Å²) in [5, 5.41) is 3.36. The molecule has 1 amide bonds. The molecule has 0 aliphatic carbocycles. The summed E-state index contributed by atoms with van der Waals surface area (Å²) in [6.45, 7) is 10.0. The zero-order valence-electron chi connectivity index (χ0n) is 16.1. The first kappa shape index (κ1) is 20.2. The molecule has 0 spiro atoms. The molecular weight excluding hydrogens is 328 g/mol. The monoisotopic (exact) mass is 360 g/mol. The van der Waals surface area contributed by atoms with Crippen molar-refractivity contribution in [3.05, 3.63) is 35.9 Å². The molecule has 1 fully saturated rings. The van der Waals surface area contributed by atoms with Crippen LogP contribution >= 0.6 is 0 Å². The highest BCUT2D eigenvalue weighted by Gasteiger charge is 2.20. The van der Waals surface area contributed by atoms with Gasteiger partial charge in [0.25, 0.3) is 0 Å². The minimum Gasteiger partial charge on any atom is -0.377 e. The number of nitrogens with zero attached hydrogens (tertiary/aromatic N) is 3. The van der Waals surface area contributed by atoms with Crippen molar-refractivity contribution < 1.29 is 9.53 Å². The van der Waals surface area contributed by atoms with Crippen molar-refractivity contribution in [3.8, 4) is 0 Å². The number of nitrogens with one attached hydrogen (secondary N) is 1. The van der Waals surface area contributed by atoms with Gasteiger partial charge in [0.05, 0.1) is 6.61 Å². The largest absolute Gasteiger partial charge is 0.377 e. The number of aliphatic imine (C=N–C) groups is 1. The molecule has 26 heavy (non-hydrogen) atoms.